The van der Waals surface area contributed by atoms with Gasteiger partial charge in [-0.05, 0) is 26.8 Å². The molecule has 1 aliphatic heterocycles. The monoisotopic (exact) mass is 229 g/mol. The second kappa shape index (κ2) is 7.29. The Hall–Kier alpha value is -0.0800. The minimum atomic E-state index is 0. The average Bonchev–Trinajstić information content (AvgIpc) is 2.17. The molecule has 0 aromatic heterocycles. The Balaban J connectivity index is 0.000000292. The van der Waals surface area contributed by atoms with Crippen molar-refractivity contribution in [2.75, 3.05) is 20.1 Å². The Bertz CT molecular complexity index is 158. The summed E-state index contributed by atoms with van der Waals surface area (Å²) in [5.74, 6) is 1.04. The number of hydrogen-bond acceptors (Lipinski definition) is 2. The van der Waals surface area contributed by atoms with Crippen LogP contribution >= 0.6 is 0 Å². The predicted octanol–water partition coefficient (Wildman–Crippen LogP) is 3.56. The van der Waals surface area contributed by atoms with Gasteiger partial charge in [-0.15, -0.1) is 0 Å². The van der Waals surface area contributed by atoms with Gasteiger partial charge in [0.25, 0.3) is 0 Å². The zero-order valence-electron chi connectivity index (χ0n) is 11.5. The third-order valence-electron chi connectivity index (χ3n) is 3.50. The van der Waals surface area contributed by atoms with Gasteiger partial charge in [0, 0.05) is 14.5 Å². The summed E-state index contributed by atoms with van der Waals surface area (Å²) >= 11 is 0. The van der Waals surface area contributed by atoms with Crippen LogP contribution in [0.2, 0.25) is 0 Å². The van der Waals surface area contributed by atoms with Crippen LogP contribution in [0.4, 0.5) is 0 Å². The van der Waals surface area contributed by atoms with E-state index >= 15 is 0 Å². The molecule has 98 valence electrons. The van der Waals surface area contributed by atoms with Crippen molar-refractivity contribution in [2.24, 2.45) is 5.92 Å². The first-order chi connectivity index (χ1) is 7.58. The Morgan fingerprint density at radius 3 is 1.75 bits per heavy atom. The quantitative estimate of drug-likeness (QED) is 0.630. The van der Waals surface area contributed by atoms with E-state index in [4.69, 9.17) is 4.74 Å². The molecule has 2 rings (SSSR count). The van der Waals surface area contributed by atoms with Crippen molar-refractivity contribution in [1.29, 1.82) is 0 Å². The maximum Gasteiger partial charge on any atom is 0.0678 e. The highest BCUT2D eigenvalue weighted by Gasteiger charge is 2.18. The minimum absolute atomic E-state index is 0. The highest BCUT2D eigenvalue weighted by atomic mass is 16.5. The average molecular weight is 229 g/mol. The van der Waals surface area contributed by atoms with Crippen molar-refractivity contribution in [2.45, 2.75) is 65.1 Å². The van der Waals surface area contributed by atoms with E-state index in [9.17, 15) is 0 Å². The number of morpholine rings is 1. The number of nitrogens with zero attached hydrogens (tertiary/aromatic N) is 1. The van der Waals surface area contributed by atoms with Crippen LogP contribution in [0.3, 0.4) is 0 Å². The van der Waals surface area contributed by atoms with Crippen LogP contribution in [-0.2, 0) is 4.74 Å². The SMILES string of the molecule is CC1CCCCC1.C[C@@H]1CN(C)C[C@H](C)O1.[HH]. The highest BCUT2D eigenvalue weighted by Crippen LogP contribution is 2.22. The summed E-state index contributed by atoms with van der Waals surface area (Å²) < 4.78 is 5.51. The van der Waals surface area contributed by atoms with Gasteiger partial charge < -0.3 is 9.64 Å². The normalized spacial score (nSPS) is 33.0. The largest absolute Gasteiger partial charge is 0.373 e. The lowest BCUT2D eigenvalue weighted by molar-refractivity contribution is -0.0602. The minimum Gasteiger partial charge on any atom is -0.373 e. The van der Waals surface area contributed by atoms with E-state index in [0.717, 1.165) is 19.0 Å². The van der Waals surface area contributed by atoms with E-state index in [1.807, 2.05) is 0 Å². The van der Waals surface area contributed by atoms with Gasteiger partial charge in [0.2, 0.25) is 0 Å². The van der Waals surface area contributed by atoms with Gasteiger partial charge in [0.15, 0.2) is 0 Å². The smallest absolute Gasteiger partial charge is 0.0678 e. The summed E-state index contributed by atoms with van der Waals surface area (Å²) in [6, 6.07) is 0. The molecule has 2 heteroatoms. The molecular formula is C14H31NO. The van der Waals surface area contributed by atoms with Gasteiger partial charge >= 0.3 is 0 Å². The summed E-state index contributed by atoms with van der Waals surface area (Å²) in [5.41, 5.74) is 0. The second-order valence-electron chi connectivity index (χ2n) is 5.72. The highest BCUT2D eigenvalue weighted by molar-refractivity contribution is 4.69. The van der Waals surface area contributed by atoms with Crippen LogP contribution in [0, 0.1) is 5.92 Å². The first-order valence-corrected chi connectivity index (χ1v) is 6.92. The fourth-order valence-electron chi connectivity index (χ4n) is 2.74. The summed E-state index contributed by atoms with van der Waals surface area (Å²) in [4.78, 5) is 2.30. The third-order valence-corrected chi connectivity index (χ3v) is 3.50. The van der Waals surface area contributed by atoms with E-state index in [1.165, 1.54) is 32.1 Å². The lowest BCUT2D eigenvalue weighted by atomic mass is 9.91. The second-order valence-corrected chi connectivity index (χ2v) is 5.72. The predicted molar refractivity (Wildman–Crippen MR) is 71.9 cm³/mol. The molecule has 1 aliphatic carbocycles. The molecule has 1 saturated heterocycles. The van der Waals surface area contributed by atoms with Crippen LogP contribution < -0.4 is 0 Å². The lowest BCUT2D eigenvalue weighted by Gasteiger charge is -2.32. The molecule has 0 spiro atoms. The summed E-state index contributed by atoms with van der Waals surface area (Å²) in [6.07, 6.45) is 8.27. The van der Waals surface area contributed by atoms with Crippen LogP contribution in [0.15, 0.2) is 0 Å². The summed E-state index contributed by atoms with van der Waals surface area (Å²) in [6.45, 7) is 8.74. The Morgan fingerprint density at radius 1 is 0.938 bits per heavy atom. The maximum absolute atomic E-state index is 5.51. The van der Waals surface area contributed by atoms with Crippen molar-refractivity contribution in [3.8, 4) is 0 Å². The molecule has 0 amide bonds. The van der Waals surface area contributed by atoms with Crippen molar-refractivity contribution in [1.82, 2.24) is 4.90 Å². The van der Waals surface area contributed by atoms with Gasteiger partial charge in [-0.2, -0.15) is 0 Å². The number of hydrogen-bond donors (Lipinski definition) is 0. The fourth-order valence-corrected chi connectivity index (χ4v) is 2.74. The number of likely N-dealkylation sites (N-methyl/N-ethyl adjacent to an activating group) is 1. The van der Waals surface area contributed by atoms with E-state index in [0.29, 0.717) is 12.2 Å². The molecule has 2 aliphatic rings. The summed E-state index contributed by atoms with van der Waals surface area (Å²) in [5, 5.41) is 0. The van der Waals surface area contributed by atoms with Gasteiger partial charge in [0.05, 0.1) is 12.2 Å². The van der Waals surface area contributed by atoms with Gasteiger partial charge in [-0.1, -0.05) is 39.0 Å². The van der Waals surface area contributed by atoms with Gasteiger partial charge in [0.1, 0.15) is 0 Å². The molecule has 1 heterocycles. The first kappa shape index (κ1) is 14.0. The van der Waals surface area contributed by atoms with E-state index < -0.39 is 0 Å². The van der Waals surface area contributed by atoms with E-state index in [1.54, 1.807) is 0 Å². The molecule has 0 N–H and O–H groups in total. The molecule has 2 fully saturated rings. The van der Waals surface area contributed by atoms with Crippen molar-refractivity contribution in [3.63, 3.8) is 0 Å². The molecule has 0 aromatic carbocycles. The standard InChI is InChI=1S/C7H15NO.C7H14.H2/c1-6-4-8(3)5-7(2)9-6;1-7-5-3-2-4-6-7;/h6-7H,4-5H2,1-3H3;7H,2-6H2,1H3;1H/t6-,7+;;. The zero-order valence-corrected chi connectivity index (χ0v) is 11.5. The lowest BCUT2D eigenvalue weighted by Crippen LogP contribution is -2.42. The Labute approximate surface area is 103 Å². The molecule has 2 nitrogen and oxygen atoms in total. The Morgan fingerprint density at radius 2 is 1.44 bits per heavy atom. The Kier molecular flexibility index (Phi) is 6.37. The van der Waals surface area contributed by atoms with Crippen molar-refractivity contribution < 1.29 is 6.16 Å². The first-order valence-electron chi connectivity index (χ1n) is 6.92. The molecule has 0 unspecified atom stereocenters. The van der Waals surface area contributed by atoms with Crippen LogP contribution in [0.1, 0.15) is 54.3 Å². The topological polar surface area (TPSA) is 12.5 Å². The van der Waals surface area contributed by atoms with Gasteiger partial charge in [-0.25, -0.2) is 0 Å². The van der Waals surface area contributed by atoms with Crippen molar-refractivity contribution >= 4 is 0 Å². The van der Waals surface area contributed by atoms with Crippen molar-refractivity contribution in [3.05, 3.63) is 0 Å². The zero-order chi connectivity index (χ0) is 12.0. The molecule has 0 aromatic rings. The molecule has 2 atom stereocenters. The molecule has 0 bridgehead atoms. The molecule has 1 saturated carbocycles. The van der Waals surface area contributed by atoms with E-state index in [2.05, 4.69) is 32.7 Å². The molecule has 16 heavy (non-hydrogen) atoms. The fraction of sp³-hybridized carbons (Fsp3) is 1.00. The number of rotatable bonds is 0. The molecule has 0 radical (unpaired) electrons. The van der Waals surface area contributed by atoms with Crippen LogP contribution in [-0.4, -0.2) is 37.2 Å². The third kappa shape index (κ3) is 5.86. The number of ether oxygens (including phenoxy) is 1. The van der Waals surface area contributed by atoms with Crippen LogP contribution in [0.25, 0.3) is 0 Å². The van der Waals surface area contributed by atoms with E-state index in [-0.39, 0.29) is 1.43 Å². The maximum atomic E-state index is 5.51. The van der Waals surface area contributed by atoms with Crippen LogP contribution in [0.5, 0.6) is 0 Å². The molecular weight excluding hydrogens is 198 g/mol. The summed E-state index contributed by atoms with van der Waals surface area (Å²) in [7, 11) is 2.13. The van der Waals surface area contributed by atoms with Gasteiger partial charge in [-0.3, -0.25) is 0 Å².